The van der Waals surface area contributed by atoms with Crippen LogP contribution < -0.4 is 5.32 Å². The van der Waals surface area contributed by atoms with Crippen LogP contribution in [0, 0.1) is 13.8 Å². The first kappa shape index (κ1) is 19.8. The topological polar surface area (TPSA) is 63.2 Å². The Morgan fingerprint density at radius 2 is 1.46 bits per heavy atom. The maximum absolute atomic E-state index is 13.1. The van der Waals surface area contributed by atoms with Crippen LogP contribution in [0.5, 0.6) is 0 Å². The van der Waals surface area contributed by atoms with Crippen molar-refractivity contribution in [3.63, 3.8) is 0 Å². The van der Waals surface area contributed by atoms with Gasteiger partial charge in [0.2, 0.25) is 0 Å². The third kappa shape index (κ3) is 4.49. The van der Waals surface area contributed by atoms with Crippen LogP contribution in [0.4, 0.5) is 0 Å². The van der Waals surface area contributed by atoms with E-state index < -0.39 is 9.84 Å². The standard InChI is InChI=1S/C23H23NO3S/c1-16-9-12-19(13-10-16)22(18-7-5-4-6-8-18)24-23(25)21-15-20(28(3,26)27)14-11-17(21)2/h4-15,22H,1-3H3,(H,24,25). The number of hydrogen-bond donors (Lipinski definition) is 1. The van der Waals surface area contributed by atoms with Gasteiger partial charge in [-0.2, -0.15) is 0 Å². The van der Waals surface area contributed by atoms with E-state index in [9.17, 15) is 13.2 Å². The summed E-state index contributed by atoms with van der Waals surface area (Å²) in [6.07, 6.45) is 1.14. The molecule has 1 unspecified atom stereocenters. The number of nitrogens with one attached hydrogen (secondary N) is 1. The molecule has 1 atom stereocenters. The van der Waals surface area contributed by atoms with Gasteiger partial charge in [-0.3, -0.25) is 4.79 Å². The van der Waals surface area contributed by atoms with Crippen LogP contribution >= 0.6 is 0 Å². The molecule has 0 aliphatic rings. The van der Waals surface area contributed by atoms with Gasteiger partial charge in [0.15, 0.2) is 9.84 Å². The molecular formula is C23H23NO3S. The molecular weight excluding hydrogens is 370 g/mol. The highest BCUT2D eigenvalue weighted by atomic mass is 32.2. The Balaban J connectivity index is 2.00. The predicted octanol–water partition coefficient (Wildman–Crippen LogP) is 4.23. The van der Waals surface area contributed by atoms with Crippen LogP contribution in [0.25, 0.3) is 0 Å². The first-order valence-electron chi connectivity index (χ1n) is 8.99. The van der Waals surface area contributed by atoms with E-state index in [4.69, 9.17) is 0 Å². The highest BCUT2D eigenvalue weighted by molar-refractivity contribution is 7.90. The molecule has 1 amide bonds. The van der Waals surface area contributed by atoms with Gasteiger partial charge in [-0.15, -0.1) is 0 Å². The van der Waals surface area contributed by atoms with Crippen molar-refractivity contribution in [2.24, 2.45) is 0 Å². The summed E-state index contributed by atoms with van der Waals surface area (Å²) >= 11 is 0. The van der Waals surface area contributed by atoms with Gasteiger partial charge in [0.25, 0.3) is 5.91 Å². The van der Waals surface area contributed by atoms with Gasteiger partial charge in [0.1, 0.15) is 0 Å². The zero-order valence-corrected chi connectivity index (χ0v) is 17.0. The Kier molecular flexibility index (Phi) is 5.66. The van der Waals surface area contributed by atoms with Gasteiger partial charge < -0.3 is 5.32 Å². The number of carbonyl (C=O) groups excluding carboxylic acids is 1. The summed E-state index contributed by atoms with van der Waals surface area (Å²) < 4.78 is 23.8. The Bertz CT molecular complexity index is 1090. The molecule has 4 nitrogen and oxygen atoms in total. The summed E-state index contributed by atoms with van der Waals surface area (Å²) in [4.78, 5) is 13.2. The van der Waals surface area contributed by atoms with E-state index in [1.807, 2.05) is 61.5 Å². The highest BCUT2D eigenvalue weighted by Crippen LogP contribution is 2.24. The lowest BCUT2D eigenvalue weighted by molar-refractivity contribution is 0.0942. The number of aryl methyl sites for hydroxylation is 2. The first-order chi connectivity index (χ1) is 13.3. The minimum absolute atomic E-state index is 0.134. The summed E-state index contributed by atoms with van der Waals surface area (Å²) in [6.45, 7) is 3.81. The van der Waals surface area contributed by atoms with E-state index in [-0.39, 0.29) is 16.8 Å². The molecule has 3 aromatic carbocycles. The van der Waals surface area contributed by atoms with E-state index in [0.717, 1.165) is 28.5 Å². The third-order valence-electron chi connectivity index (χ3n) is 4.70. The maximum Gasteiger partial charge on any atom is 0.252 e. The van der Waals surface area contributed by atoms with Crippen molar-refractivity contribution in [3.05, 3.63) is 101 Å². The molecule has 0 aliphatic heterocycles. The van der Waals surface area contributed by atoms with Gasteiger partial charge in [-0.25, -0.2) is 8.42 Å². The molecule has 3 aromatic rings. The summed E-state index contributed by atoms with van der Waals surface area (Å²) in [5.41, 5.74) is 4.13. The SMILES string of the molecule is Cc1ccc(C(NC(=O)c2cc(S(C)(=O)=O)ccc2C)c2ccccc2)cc1. The van der Waals surface area contributed by atoms with Crippen molar-refractivity contribution in [3.8, 4) is 0 Å². The highest BCUT2D eigenvalue weighted by Gasteiger charge is 2.20. The van der Waals surface area contributed by atoms with E-state index in [0.29, 0.717) is 5.56 Å². The summed E-state index contributed by atoms with van der Waals surface area (Å²) in [5.74, 6) is -0.308. The molecule has 1 N–H and O–H groups in total. The second-order valence-corrected chi connectivity index (χ2v) is 8.99. The number of carbonyl (C=O) groups is 1. The second kappa shape index (κ2) is 7.98. The molecule has 0 heterocycles. The quantitative estimate of drug-likeness (QED) is 0.706. The van der Waals surface area contributed by atoms with Crippen molar-refractivity contribution in [2.45, 2.75) is 24.8 Å². The van der Waals surface area contributed by atoms with Crippen molar-refractivity contribution < 1.29 is 13.2 Å². The summed E-state index contributed by atoms with van der Waals surface area (Å²) in [7, 11) is -3.39. The monoisotopic (exact) mass is 393 g/mol. The lowest BCUT2D eigenvalue weighted by Crippen LogP contribution is -2.30. The number of sulfone groups is 1. The van der Waals surface area contributed by atoms with Gasteiger partial charge in [-0.05, 0) is 42.7 Å². The lowest BCUT2D eigenvalue weighted by atomic mass is 9.97. The first-order valence-corrected chi connectivity index (χ1v) is 10.9. The number of benzene rings is 3. The fraction of sp³-hybridized carbons (Fsp3) is 0.174. The van der Waals surface area contributed by atoms with Crippen LogP contribution in [0.2, 0.25) is 0 Å². The smallest absolute Gasteiger partial charge is 0.252 e. The Labute approximate surface area is 166 Å². The predicted molar refractivity (Wildman–Crippen MR) is 111 cm³/mol. The summed E-state index contributed by atoms with van der Waals surface area (Å²) in [5, 5.41) is 3.07. The lowest BCUT2D eigenvalue weighted by Gasteiger charge is -2.21. The third-order valence-corrected chi connectivity index (χ3v) is 5.81. The number of hydrogen-bond acceptors (Lipinski definition) is 3. The average molecular weight is 394 g/mol. The zero-order chi connectivity index (χ0) is 20.3. The van der Waals surface area contributed by atoms with Crippen molar-refractivity contribution in [2.75, 3.05) is 6.26 Å². The molecule has 144 valence electrons. The number of amides is 1. The van der Waals surface area contributed by atoms with E-state index in [2.05, 4.69) is 5.32 Å². The molecule has 0 saturated carbocycles. The average Bonchev–Trinajstić information content (AvgIpc) is 2.67. The van der Waals surface area contributed by atoms with Crippen LogP contribution in [0.3, 0.4) is 0 Å². The Hall–Kier alpha value is -2.92. The molecule has 0 bridgehead atoms. The largest absolute Gasteiger partial charge is 0.341 e. The zero-order valence-electron chi connectivity index (χ0n) is 16.1. The van der Waals surface area contributed by atoms with Crippen LogP contribution in [-0.2, 0) is 9.84 Å². The molecule has 0 aromatic heterocycles. The van der Waals surface area contributed by atoms with Gasteiger partial charge >= 0.3 is 0 Å². The van der Waals surface area contributed by atoms with Gasteiger partial charge in [0.05, 0.1) is 10.9 Å². The van der Waals surface area contributed by atoms with Crippen LogP contribution in [-0.4, -0.2) is 20.6 Å². The summed E-state index contributed by atoms with van der Waals surface area (Å²) in [6, 6.07) is 22.0. The Morgan fingerprint density at radius 3 is 2.07 bits per heavy atom. The molecule has 3 rings (SSSR count). The molecule has 28 heavy (non-hydrogen) atoms. The Morgan fingerprint density at radius 1 is 0.857 bits per heavy atom. The van der Waals surface area contributed by atoms with E-state index in [1.54, 1.807) is 13.0 Å². The minimum Gasteiger partial charge on any atom is -0.341 e. The fourth-order valence-electron chi connectivity index (χ4n) is 3.05. The van der Waals surface area contributed by atoms with Crippen molar-refractivity contribution >= 4 is 15.7 Å². The maximum atomic E-state index is 13.1. The van der Waals surface area contributed by atoms with Crippen molar-refractivity contribution in [1.29, 1.82) is 0 Å². The van der Waals surface area contributed by atoms with E-state index >= 15 is 0 Å². The van der Waals surface area contributed by atoms with Gasteiger partial charge in [0, 0.05) is 11.8 Å². The molecule has 0 aliphatic carbocycles. The molecule has 0 fully saturated rings. The molecule has 5 heteroatoms. The molecule has 0 radical (unpaired) electrons. The normalized spacial score (nSPS) is 12.4. The van der Waals surface area contributed by atoms with E-state index in [1.165, 1.54) is 12.1 Å². The molecule has 0 saturated heterocycles. The van der Waals surface area contributed by atoms with Crippen molar-refractivity contribution in [1.82, 2.24) is 5.32 Å². The fourth-order valence-corrected chi connectivity index (χ4v) is 3.70. The number of rotatable bonds is 5. The van der Waals surface area contributed by atoms with Crippen LogP contribution in [0.15, 0.2) is 77.7 Å². The van der Waals surface area contributed by atoms with Crippen LogP contribution in [0.1, 0.15) is 38.7 Å². The molecule has 0 spiro atoms. The minimum atomic E-state index is -3.39. The van der Waals surface area contributed by atoms with Gasteiger partial charge in [-0.1, -0.05) is 66.2 Å². The second-order valence-electron chi connectivity index (χ2n) is 6.98.